The molecule has 0 saturated heterocycles. The predicted octanol–water partition coefficient (Wildman–Crippen LogP) is 0.539. The van der Waals surface area contributed by atoms with Gasteiger partial charge in [-0.05, 0) is 19.4 Å². The van der Waals surface area contributed by atoms with Crippen LogP contribution in [0.1, 0.15) is 36.7 Å². The van der Waals surface area contributed by atoms with Crippen LogP contribution in [0.25, 0.3) is 0 Å². The lowest BCUT2D eigenvalue weighted by Crippen LogP contribution is -2.20. The molecule has 14 heavy (non-hydrogen) atoms. The van der Waals surface area contributed by atoms with E-state index in [-0.39, 0.29) is 5.56 Å². The topological polar surface area (TPSA) is 71.8 Å². The first-order chi connectivity index (χ1) is 6.79. The second-order valence-corrected chi connectivity index (χ2v) is 3.79. The fourth-order valence-corrected chi connectivity index (χ4v) is 1.68. The molecule has 2 rings (SSSR count). The molecule has 0 radical (unpaired) electrons. The van der Waals surface area contributed by atoms with Crippen LogP contribution < -0.4 is 11.3 Å². The molecule has 0 atom stereocenters. The molecule has 0 aromatic carbocycles. The van der Waals surface area contributed by atoms with E-state index in [0.717, 1.165) is 24.4 Å². The minimum absolute atomic E-state index is 0.0506. The quantitative estimate of drug-likeness (QED) is 0.736. The van der Waals surface area contributed by atoms with Crippen LogP contribution in [0.2, 0.25) is 0 Å². The summed E-state index contributed by atoms with van der Waals surface area (Å²) < 4.78 is 0. The molecule has 1 aromatic rings. The lowest BCUT2D eigenvalue weighted by atomic mass is 9.85. The van der Waals surface area contributed by atoms with Crippen molar-refractivity contribution in [3.05, 3.63) is 27.9 Å². The first kappa shape index (κ1) is 9.40. The van der Waals surface area contributed by atoms with Gasteiger partial charge in [0.2, 0.25) is 0 Å². The molecule has 1 aromatic heterocycles. The van der Waals surface area contributed by atoms with Gasteiger partial charge in [0.25, 0.3) is 5.56 Å². The van der Waals surface area contributed by atoms with Gasteiger partial charge in [0.1, 0.15) is 5.82 Å². The summed E-state index contributed by atoms with van der Waals surface area (Å²) in [5.74, 6) is 1.33. The zero-order chi connectivity index (χ0) is 9.97. The van der Waals surface area contributed by atoms with E-state index in [0.29, 0.717) is 18.9 Å². The van der Waals surface area contributed by atoms with E-state index in [9.17, 15) is 4.79 Å². The van der Waals surface area contributed by atoms with Crippen LogP contribution in [0.5, 0.6) is 0 Å². The van der Waals surface area contributed by atoms with Gasteiger partial charge >= 0.3 is 0 Å². The predicted molar refractivity (Wildman–Crippen MR) is 54.2 cm³/mol. The van der Waals surface area contributed by atoms with Gasteiger partial charge in [-0.25, -0.2) is 4.98 Å². The van der Waals surface area contributed by atoms with E-state index in [1.807, 2.05) is 0 Å². The van der Waals surface area contributed by atoms with Crippen LogP contribution >= 0.6 is 0 Å². The zero-order valence-electron chi connectivity index (χ0n) is 8.12. The highest BCUT2D eigenvalue weighted by atomic mass is 16.1. The molecule has 4 nitrogen and oxygen atoms in total. The Morgan fingerprint density at radius 3 is 2.93 bits per heavy atom. The van der Waals surface area contributed by atoms with Crippen molar-refractivity contribution >= 4 is 0 Å². The Labute approximate surface area is 82.6 Å². The number of rotatable bonds is 3. The van der Waals surface area contributed by atoms with E-state index in [4.69, 9.17) is 5.73 Å². The van der Waals surface area contributed by atoms with Gasteiger partial charge in [-0.2, -0.15) is 0 Å². The molecule has 1 aliphatic carbocycles. The van der Waals surface area contributed by atoms with E-state index in [1.54, 1.807) is 0 Å². The van der Waals surface area contributed by atoms with Gasteiger partial charge in [-0.3, -0.25) is 4.79 Å². The van der Waals surface area contributed by atoms with E-state index >= 15 is 0 Å². The molecule has 1 heterocycles. The molecule has 1 aliphatic rings. The van der Waals surface area contributed by atoms with Crippen LogP contribution in [0.15, 0.2) is 10.9 Å². The summed E-state index contributed by atoms with van der Waals surface area (Å²) in [4.78, 5) is 18.5. The van der Waals surface area contributed by atoms with Gasteiger partial charge in [-0.1, -0.05) is 6.42 Å². The summed E-state index contributed by atoms with van der Waals surface area (Å²) in [6, 6.07) is 1.54. The standard InChI is InChI=1S/C10H15N3O/c11-5-4-8-6-9(14)13-10(12-8)7-2-1-3-7/h6-7H,1-5,11H2,(H,12,13,14). The summed E-state index contributed by atoms with van der Waals surface area (Å²) in [6.45, 7) is 0.542. The first-order valence-electron chi connectivity index (χ1n) is 5.10. The Balaban J connectivity index is 2.26. The number of aromatic nitrogens is 2. The van der Waals surface area contributed by atoms with Crippen molar-refractivity contribution in [2.45, 2.75) is 31.6 Å². The fourth-order valence-electron chi connectivity index (χ4n) is 1.68. The summed E-state index contributed by atoms with van der Waals surface area (Å²) >= 11 is 0. The highest BCUT2D eigenvalue weighted by Gasteiger charge is 2.21. The Morgan fingerprint density at radius 2 is 2.36 bits per heavy atom. The molecule has 0 aliphatic heterocycles. The van der Waals surface area contributed by atoms with Gasteiger partial charge in [-0.15, -0.1) is 0 Å². The lowest BCUT2D eigenvalue weighted by molar-refractivity contribution is 0.399. The number of hydrogen-bond acceptors (Lipinski definition) is 3. The van der Waals surface area contributed by atoms with Crippen LogP contribution in [0.4, 0.5) is 0 Å². The van der Waals surface area contributed by atoms with Crippen molar-refractivity contribution in [3.63, 3.8) is 0 Å². The highest BCUT2D eigenvalue weighted by Crippen LogP contribution is 2.33. The largest absolute Gasteiger partial charge is 0.330 e. The number of H-pyrrole nitrogens is 1. The summed E-state index contributed by atoms with van der Waals surface area (Å²) in [7, 11) is 0. The molecule has 76 valence electrons. The van der Waals surface area contributed by atoms with Crippen LogP contribution in [0.3, 0.4) is 0 Å². The third-order valence-corrected chi connectivity index (χ3v) is 2.71. The van der Waals surface area contributed by atoms with Crippen molar-refractivity contribution < 1.29 is 0 Å². The average molecular weight is 193 g/mol. The fraction of sp³-hybridized carbons (Fsp3) is 0.600. The van der Waals surface area contributed by atoms with Gasteiger partial charge < -0.3 is 10.7 Å². The smallest absolute Gasteiger partial charge is 0.251 e. The highest BCUT2D eigenvalue weighted by molar-refractivity contribution is 5.08. The molecule has 3 N–H and O–H groups in total. The number of aromatic amines is 1. The van der Waals surface area contributed by atoms with Gasteiger partial charge in [0, 0.05) is 24.1 Å². The van der Waals surface area contributed by atoms with Crippen LogP contribution in [-0.2, 0) is 6.42 Å². The Hall–Kier alpha value is -1.16. The minimum atomic E-state index is -0.0506. The second-order valence-electron chi connectivity index (χ2n) is 3.79. The third kappa shape index (κ3) is 1.85. The van der Waals surface area contributed by atoms with Crippen molar-refractivity contribution in [2.75, 3.05) is 6.54 Å². The van der Waals surface area contributed by atoms with Crippen molar-refractivity contribution in [3.8, 4) is 0 Å². The van der Waals surface area contributed by atoms with Crippen molar-refractivity contribution in [1.29, 1.82) is 0 Å². The normalized spacial score (nSPS) is 16.6. The molecule has 1 saturated carbocycles. The molecule has 0 amide bonds. The van der Waals surface area contributed by atoms with Crippen molar-refractivity contribution in [1.82, 2.24) is 9.97 Å². The average Bonchev–Trinajstić information content (AvgIpc) is 1.99. The molecule has 0 spiro atoms. The van der Waals surface area contributed by atoms with Crippen molar-refractivity contribution in [2.24, 2.45) is 5.73 Å². The third-order valence-electron chi connectivity index (χ3n) is 2.71. The number of nitrogens with zero attached hydrogens (tertiary/aromatic N) is 1. The van der Waals surface area contributed by atoms with E-state index in [2.05, 4.69) is 9.97 Å². The maximum Gasteiger partial charge on any atom is 0.251 e. The Kier molecular flexibility index (Phi) is 2.63. The monoisotopic (exact) mass is 193 g/mol. The number of hydrogen-bond donors (Lipinski definition) is 2. The lowest BCUT2D eigenvalue weighted by Gasteiger charge is -2.24. The van der Waals surface area contributed by atoms with E-state index in [1.165, 1.54) is 12.5 Å². The summed E-state index contributed by atoms with van der Waals surface area (Å²) in [5.41, 5.74) is 6.20. The Morgan fingerprint density at radius 1 is 1.57 bits per heavy atom. The minimum Gasteiger partial charge on any atom is -0.330 e. The molecule has 1 fully saturated rings. The van der Waals surface area contributed by atoms with Gasteiger partial charge in [0.15, 0.2) is 0 Å². The molecule has 4 heteroatoms. The molecular formula is C10H15N3O. The summed E-state index contributed by atoms with van der Waals surface area (Å²) in [5, 5.41) is 0. The molecule has 0 bridgehead atoms. The zero-order valence-corrected chi connectivity index (χ0v) is 8.12. The molecular weight excluding hydrogens is 178 g/mol. The maximum absolute atomic E-state index is 11.3. The SMILES string of the molecule is NCCc1cc(=O)[nH]c(C2CCC2)n1. The van der Waals surface area contributed by atoms with E-state index < -0.39 is 0 Å². The second kappa shape index (κ2) is 3.92. The summed E-state index contributed by atoms with van der Waals surface area (Å²) in [6.07, 6.45) is 4.23. The van der Waals surface area contributed by atoms with Crippen LogP contribution in [0, 0.1) is 0 Å². The number of nitrogens with one attached hydrogen (secondary N) is 1. The molecule has 0 unspecified atom stereocenters. The number of nitrogens with two attached hydrogens (primary N) is 1. The maximum atomic E-state index is 11.3. The Bertz CT molecular complexity index is 368. The van der Waals surface area contributed by atoms with Crippen LogP contribution in [-0.4, -0.2) is 16.5 Å². The van der Waals surface area contributed by atoms with Gasteiger partial charge in [0.05, 0.1) is 0 Å². The first-order valence-corrected chi connectivity index (χ1v) is 5.10.